The van der Waals surface area contributed by atoms with Crippen molar-refractivity contribution in [1.29, 1.82) is 0 Å². The van der Waals surface area contributed by atoms with Crippen LogP contribution >= 0.6 is 31.9 Å². The number of halogens is 2. The molecule has 0 aliphatic rings. The van der Waals surface area contributed by atoms with Crippen LogP contribution in [0.25, 0.3) is 0 Å². The van der Waals surface area contributed by atoms with E-state index >= 15 is 0 Å². The van der Waals surface area contributed by atoms with E-state index in [1.165, 1.54) is 5.56 Å². The molecule has 0 radical (unpaired) electrons. The Kier molecular flexibility index (Phi) is 2.86. The Morgan fingerprint density at radius 2 is 2.20 bits per heavy atom. The van der Waals surface area contributed by atoms with Gasteiger partial charge in [0.25, 0.3) is 0 Å². The summed E-state index contributed by atoms with van der Waals surface area (Å²) in [5.41, 5.74) is 2.22. The first-order chi connectivity index (χ1) is 4.74. The van der Waals surface area contributed by atoms with Crippen LogP contribution in [-0.4, -0.2) is 4.98 Å². The Morgan fingerprint density at radius 1 is 1.50 bits per heavy atom. The van der Waals surface area contributed by atoms with Gasteiger partial charge in [-0.2, -0.15) is 0 Å². The summed E-state index contributed by atoms with van der Waals surface area (Å²) in [6.45, 7) is 2.02. The third-order valence-electron chi connectivity index (χ3n) is 1.23. The van der Waals surface area contributed by atoms with E-state index in [0.29, 0.717) is 0 Å². The summed E-state index contributed by atoms with van der Waals surface area (Å²) in [5, 5.41) is 0.811. The van der Waals surface area contributed by atoms with Crippen LogP contribution in [0.3, 0.4) is 0 Å². The second kappa shape index (κ2) is 3.49. The van der Waals surface area contributed by atoms with Gasteiger partial charge >= 0.3 is 0 Å². The molecule has 0 fully saturated rings. The molecule has 0 amide bonds. The average molecular weight is 265 g/mol. The monoisotopic (exact) mass is 263 g/mol. The largest absolute Gasteiger partial charge is 0.245 e. The van der Waals surface area contributed by atoms with Gasteiger partial charge in [-0.25, -0.2) is 4.98 Å². The summed E-state index contributed by atoms with van der Waals surface area (Å²) in [6, 6.07) is 4.06. The highest BCUT2D eigenvalue weighted by Crippen LogP contribution is 2.14. The van der Waals surface area contributed by atoms with E-state index in [0.717, 1.165) is 15.6 Å². The van der Waals surface area contributed by atoms with Crippen LogP contribution in [0.1, 0.15) is 11.3 Å². The van der Waals surface area contributed by atoms with E-state index in [4.69, 9.17) is 0 Å². The zero-order valence-electron chi connectivity index (χ0n) is 5.56. The topological polar surface area (TPSA) is 12.9 Å². The molecular weight excluding hydrogens is 258 g/mol. The summed E-state index contributed by atoms with van der Waals surface area (Å²) in [5.74, 6) is 0. The predicted molar refractivity (Wildman–Crippen MR) is 49.3 cm³/mol. The Labute approximate surface area is 77.1 Å². The first-order valence-corrected chi connectivity index (χ1v) is 4.83. The van der Waals surface area contributed by atoms with E-state index in [1.54, 1.807) is 0 Å². The molecule has 1 aromatic rings. The van der Waals surface area contributed by atoms with Gasteiger partial charge in [-0.3, -0.25) is 0 Å². The third kappa shape index (κ3) is 1.80. The number of pyridine rings is 1. The zero-order valence-corrected chi connectivity index (χ0v) is 8.74. The fourth-order valence-electron chi connectivity index (χ4n) is 0.616. The molecular formula is C7H7Br2N. The lowest BCUT2D eigenvalue weighted by molar-refractivity contribution is 1.12. The van der Waals surface area contributed by atoms with Gasteiger partial charge in [0.1, 0.15) is 4.60 Å². The van der Waals surface area contributed by atoms with Crippen molar-refractivity contribution in [3.05, 3.63) is 28.0 Å². The Bertz CT molecular complexity index is 235. The van der Waals surface area contributed by atoms with Crippen LogP contribution in [-0.2, 0) is 5.33 Å². The van der Waals surface area contributed by atoms with Gasteiger partial charge in [0.15, 0.2) is 0 Å². The third-order valence-corrected chi connectivity index (χ3v) is 2.61. The highest BCUT2D eigenvalue weighted by molar-refractivity contribution is 9.10. The number of nitrogens with zero attached hydrogens (tertiary/aromatic N) is 1. The van der Waals surface area contributed by atoms with E-state index in [-0.39, 0.29) is 0 Å². The summed E-state index contributed by atoms with van der Waals surface area (Å²) >= 11 is 6.69. The van der Waals surface area contributed by atoms with Crippen molar-refractivity contribution in [3.63, 3.8) is 0 Å². The van der Waals surface area contributed by atoms with Gasteiger partial charge in [0.05, 0.1) is 5.69 Å². The summed E-state index contributed by atoms with van der Waals surface area (Å²) in [4.78, 5) is 4.26. The smallest absolute Gasteiger partial charge is 0.109 e. The van der Waals surface area contributed by atoms with Crippen LogP contribution < -0.4 is 0 Å². The second-order valence-electron chi connectivity index (χ2n) is 2.04. The first kappa shape index (κ1) is 8.21. The van der Waals surface area contributed by atoms with Gasteiger partial charge in [-0.05, 0) is 34.5 Å². The number of rotatable bonds is 1. The van der Waals surface area contributed by atoms with Gasteiger partial charge in [-0.1, -0.05) is 22.0 Å². The molecule has 0 saturated carbocycles. The summed E-state index contributed by atoms with van der Waals surface area (Å²) < 4.78 is 0.935. The molecule has 0 spiro atoms. The van der Waals surface area contributed by atoms with Crippen molar-refractivity contribution < 1.29 is 0 Å². The van der Waals surface area contributed by atoms with Crippen molar-refractivity contribution in [2.75, 3.05) is 0 Å². The fourth-order valence-corrected chi connectivity index (χ4v) is 1.29. The van der Waals surface area contributed by atoms with Crippen molar-refractivity contribution in [3.8, 4) is 0 Å². The van der Waals surface area contributed by atoms with Crippen molar-refractivity contribution >= 4 is 31.9 Å². The number of hydrogen-bond acceptors (Lipinski definition) is 1. The van der Waals surface area contributed by atoms with Crippen LogP contribution in [0.4, 0.5) is 0 Å². The molecule has 1 heterocycles. The quantitative estimate of drug-likeness (QED) is 0.561. The lowest BCUT2D eigenvalue weighted by atomic mass is 10.3. The highest BCUT2D eigenvalue weighted by atomic mass is 79.9. The molecule has 0 atom stereocenters. The van der Waals surface area contributed by atoms with Crippen LogP contribution in [0, 0.1) is 6.92 Å². The van der Waals surface area contributed by atoms with Crippen molar-refractivity contribution in [1.82, 2.24) is 4.98 Å². The average Bonchev–Trinajstić information content (AvgIpc) is 1.95. The van der Waals surface area contributed by atoms with Crippen LogP contribution in [0.2, 0.25) is 0 Å². The van der Waals surface area contributed by atoms with E-state index in [9.17, 15) is 0 Å². The zero-order chi connectivity index (χ0) is 7.56. The van der Waals surface area contributed by atoms with Gasteiger partial charge in [0.2, 0.25) is 0 Å². The number of hydrogen-bond donors (Lipinski definition) is 0. The maximum Gasteiger partial charge on any atom is 0.109 e. The van der Waals surface area contributed by atoms with Crippen molar-refractivity contribution in [2.24, 2.45) is 0 Å². The number of aromatic nitrogens is 1. The SMILES string of the molecule is Cc1ccc(CBr)nc1Br. The molecule has 0 aliphatic heterocycles. The molecule has 1 aromatic heterocycles. The van der Waals surface area contributed by atoms with Crippen LogP contribution in [0.5, 0.6) is 0 Å². The van der Waals surface area contributed by atoms with Crippen molar-refractivity contribution in [2.45, 2.75) is 12.3 Å². The molecule has 54 valence electrons. The standard InChI is InChI=1S/C7H7Br2N/c1-5-2-3-6(4-8)10-7(5)9/h2-3H,4H2,1H3. The lowest BCUT2D eigenvalue weighted by Gasteiger charge is -1.97. The molecule has 0 saturated heterocycles. The molecule has 1 nitrogen and oxygen atoms in total. The van der Waals surface area contributed by atoms with Crippen LogP contribution in [0.15, 0.2) is 16.7 Å². The molecule has 0 N–H and O–H groups in total. The summed E-state index contributed by atoms with van der Waals surface area (Å²) in [6.07, 6.45) is 0. The molecule has 1 rings (SSSR count). The number of alkyl halides is 1. The minimum Gasteiger partial charge on any atom is -0.245 e. The minimum atomic E-state index is 0.811. The van der Waals surface area contributed by atoms with Gasteiger partial charge in [0, 0.05) is 5.33 Å². The predicted octanol–water partition coefficient (Wildman–Crippen LogP) is 3.05. The van der Waals surface area contributed by atoms with Gasteiger partial charge < -0.3 is 0 Å². The molecule has 0 bridgehead atoms. The lowest BCUT2D eigenvalue weighted by Crippen LogP contribution is -1.87. The van der Waals surface area contributed by atoms with E-state index in [1.807, 2.05) is 19.1 Å². The minimum absolute atomic E-state index is 0.811. The maximum absolute atomic E-state index is 4.26. The highest BCUT2D eigenvalue weighted by Gasteiger charge is 1.95. The molecule has 0 aliphatic carbocycles. The van der Waals surface area contributed by atoms with E-state index < -0.39 is 0 Å². The molecule has 0 aromatic carbocycles. The fraction of sp³-hybridized carbons (Fsp3) is 0.286. The van der Waals surface area contributed by atoms with Gasteiger partial charge in [-0.15, -0.1) is 0 Å². The normalized spacial score (nSPS) is 9.90. The molecule has 3 heteroatoms. The number of aryl methyl sites for hydroxylation is 1. The first-order valence-electron chi connectivity index (χ1n) is 2.92. The Balaban J connectivity index is 3.04. The summed E-state index contributed by atoms with van der Waals surface area (Å²) in [7, 11) is 0. The molecule has 0 unspecified atom stereocenters. The maximum atomic E-state index is 4.26. The Morgan fingerprint density at radius 3 is 2.70 bits per heavy atom. The second-order valence-corrected chi connectivity index (χ2v) is 3.36. The van der Waals surface area contributed by atoms with E-state index in [2.05, 4.69) is 36.8 Å². The molecule has 10 heavy (non-hydrogen) atoms. The Hall–Kier alpha value is 0.110.